The Kier molecular flexibility index (Phi) is 4.80. The van der Waals surface area contributed by atoms with Gasteiger partial charge in [-0.25, -0.2) is 13.2 Å². The second-order valence-corrected chi connectivity index (χ2v) is 6.95. The maximum absolute atomic E-state index is 12.6. The highest BCUT2D eigenvalue weighted by Crippen LogP contribution is 2.27. The Morgan fingerprint density at radius 1 is 1.38 bits per heavy atom. The summed E-state index contributed by atoms with van der Waals surface area (Å²) in [5.74, 6) is -1.03. The molecule has 1 aliphatic heterocycles. The first-order valence-electron chi connectivity index (χ1n) is 6.98. The van der Waals surface area contributed by atoms with Crippen molar-refractivity contribution < 1.29 is 18.3 Å². The Balaban J connectivity index is 2.23. The van der Waals surface area contributed by atoms with E-state index in [1.807, 2.05) is 6.92 Å². The maximum Gasteiger partial charge on any atom is 0.328 e. The smallest absolute Gasteiger partial charge is 0.328 e. The van der Waals surface area contributed by atoms with Crippen molar-refractivity contribution >= 4 is 22.1 Å². The van der Waals surface area contributed by atoms with Gasteiger partial charge >= 0.3 is 5.97 Å². The van der Waals surface area contributed by atoms with Crippen LogP contribution in [0.4, 0.5) is 0 Å². The van der Waals surface area contributed by atoms with E-state index in [0.717, 1.165) is 25.3 Å². The highest BCUT2D eigenvalue weighted by Gasteiger charge is 2.33. The van der Waals surface area contributed by atoms with Crippen molar-refractivity contribution in [2.45, 2.75) is 37.1 Å². The molecule has 0 saturated carbocycles. The van der Waals surface area contributed by atoms with E-state index in [1.54, 1.807) is 16.4 Å². The fourth-order valence-corrected chi connectivity index (χ4v) is 4.35. The lowest BCUT2D eigenvalue weighted by atomic mass is 10.2. The summed E-state index contributed by atoms with van der Waals surface area (Å²) in [6.07, 6.45) is 5.09. The zero-order chi connectivity index (χ0) is 15.5. The number of carbonyl (C=O) groups is 1. The molecule has 1 fully saturated rings. The molecule has 2 rings (SSSR count). The van der Waals surface area contributed by atoms with Gasteiger partial charge in [-0.15, -0.1) is 0 Å². The molecule has 0 radical (unpaired) electrons. The molecule has 0 amide bonds. The van der Waals surface area contributed by atoms with E-state index in [1.165, 1.54) is 18.2 Å². The highest BCUT2D eigenvalue weighted by atomic mass is 32.2. The molecule has 114 valence electrons. The van der Waals surface area contributed by atoms with Crippen LogP contribution in [0.5, 0.6) is 0 Å². The minimum absolute atomic E-state index is 0.0848. The summed E-state index contributed by atoms with van der Waals surface area (Å²) < 4.78 is 26.8. The fourth-order valence-electron chi connectivity index (χ4n) is 2.59. The van der Waals surface area contributed by atoms with Crippen LogP contribution >= 0.6 is 0 Å². The summed E-state index contributed by atoms with van der Waals surface area (Å²) in [5.41, 5.74) is 0.657. The summed E-state index contributed by atoms with van der Waals surface area (Å²) in [6, 6.07) is 6.37. The van der Waals surface area contributed by atoms with Gasteiger partial charge in [0.1, 0.15) is 0 Å². The predicted octanol–water partition coefficient (Wildman–Crippen LogP) is 2.35. The Labute approximate surface area is 124 Å². The van der Waals surface area contributed by atoms with Gasteiger partial charge in [-0.1, -0.05) is 19.1 Å². The zero-order valence-corrected chi connectivity index (χ0v) is 12.7. The molecule has 1 heterocycles. The van der Waals surface area contributed by atoms with E-state index in [9.17, 15) is 13.2 Å². The summed E-state index contributed by atoms with van der Waals surface area (Å²) in [6.45, 7) is 2.57. The number of rotatable bonds is 5. The third-order valence-electron chi connectivity index (χ3n) is 3.70. The first-order chi connectivity index (χ1) is 9.95. The Bertz CT molecular complexity index is 634. The molecule has 0 aliphatic carbocycles. The Morgan fingerprint density at radius 2 is 2.05 bits per heavy atom. The van der Waals surface area contributed by atoms with E-state index in [-0.39, 0.29) is 10.9 Å². The predicted molar refractivity (Wildman–Crippen MR) is 80.3 cm³/mol. The molecule has 0 aromatic heterocycles. The Morgan fingerprint density at radius 3 is 2.62 bits per heavy atom. The van der Waals surface area contributed by atoms with Crippen LogP contribution in [0, 0.1) is 0 Å². The van der Waals surface area contributed by atoms with Gasteiger partial charge in [0.25, 0.3) is 0 Å². The van der Waals surface area contributed by atoms with Crippen molar-refractivity contribution in [2.24, 2.45) is 0 Å². The maximum atomic E-state index is 12.6. The van der Waals surface area contributed by atoms with Crippen molar-refractivity contribution in [1.82, 2.24) is 4.31 Å². The van der Waals surface area contributed by atoms with E-state index in [0.29, 0.717) is 12.1 Å². The van der Waals surface area contributed by atoms with E-state index < -0.39 is 16.0 Å². The van der Waals surface area contributed by atoms with Gasteiger partial charge in [0.2, 0.25) is 10.0 Å². The third kappa shape index (κ3) is 3.51. The molecule has 0 spiro atoms. The topological polar surface area (TPSA) is 74.7 Å². The SMILES string of the molecule is CCC1CCCN1S(=O)(=O)c1ccc(/C=C/C(=O)O)cc1. The van der Waals surface area contributed by atoms with Crippen LogP contribution in [0.2, 0.25) is 0 Å². The molecular weight excluding hydrogens is 290 g/mol. The third-order valence-corrected chi connectivity index (χ3v) is 5.67. The molecule has 1 aromatic rings. The van der Waals surface area contributed by atoms with Gasteiger partial charge in [0, 0.05) is 18.7 Å². The molecule has 0 bridgehead atoms. The van der Waals surface area contributed by atoms with Gasteiger partial charge < -0.3 is 5.11 Å². The highest BCUT2D eigenvalue weighted by molar-refractivity contribution is 7.89. The van der Waals surface area contributed by atoms with Gasteiger partial charge in [0.05, 0.1) is 4.90 Å². The van der Waals surface area contributed by atoms with Crippen molar-refractivity contribution in [1.29, 1.82) is 0 Å². The monoisotopic (exact) mass is 309 g/mol. The fraction of sp³-hybridized carbons (Fsp3) is 0.400. The summed E-state index contributed by atoms with van der Waals surface area (Å²) >= 11 is 0. The minimum Gasteiger partial charge on any atom is -0.478 e. The van der Waals surface area contributed by atoms with Crippen LogP contribution in [0.1, 0.15) is 31.7 Å². The van der Waals surface area contributed by atoms with Crippen LogP contribution < -0.4 is 0 Å². The largest absolute Gasteiger partial charge is 0.478 e. The zero-order valence-electron chi connectivity index (χ0n) is 11.9. The number of hydrogen-bond acceptors (Lipinski definition) is 3. The lowest BCUT2D eigenvalue weighted by Gasteiger charge is -2.23. The molecule has 1 atom stereocenters. The van der Waals surface area contributed by atoms with Crippen molar-refractivity contribution in [3.8, 4) is 0 Å². The van der Waals surface area contributed by atoms with Gasteiger partial charge in [-0.2, -0.15) is 4.31 Å². The second-order valence-electron chi connectivity index (χ2n) is 5.06. The van der Waals surface area contributed by atoms with Crippen LogP contribution in [0.3, 0.4) is 0 Å². The minimum atomic E-state index is -3.46. The Hall–Kier alpha value is -1.66. The van der Waals surface area contributed by atoms with Gasteiger partial charge in [-0.05, 0) is 43.0 Å². The lowest BCUT2D eigenvalue weighted by molar-refractivity contribution is -0.131. The summed E-state index contributed by atoms with van der Waals surface area (Å²) in [5, 5.41) is 8.57. The number of nitrogens with zero attached hydrogens (tertiary/aromatic N) is 1. The molecule has 1 N–H and O–H groups in total. The van der Waals surface area contributed by atoms with E-state index in [2.05, 4.69) is 0 Å². The van der Waals surface area contributed by atoms with Crippen molar-refractivity contribution in [2.75, 3.05) is 6.54 Å². The van der Waals surface area contributed by atoms with Crippen molar-refractivity contribution in [3.05, 3.63) is 35.9 Å². The molecule has 6 heteroatoms. The second kappa shape index (κ2) is 6.41. The van der Waals surface area contributed by atoms with E-state index >= 15 is 0 Å². The first kappa shape index (κ1) is 15.7. The quantitative estimate of drug-likeness (QED) is 0.847. The molecule has 1 unspecified atom stereocenters. The molecule has 1 aliphatic rings. The molecule has 5 nitrogen and oxygen atoms in total. The van der Waals surface area contributed by atoms with Crippen LogP contribution in [-0.4, -0.2) is 36.4 Å². The molecule has 21 heavy (non-hydrogen) atoms. The number of carboxylic acid groups (broad SMARTS) is 1. The van der Waals surface area contributed by atoms with Gasteiger partial charge in [-0.3, -0.25) is 0 Å². The molecular formula is C15H19NO4S. The van der Waals surface area contributed by atoms with Gasteiger partial charge in [0.15, 0.2) is 0 Å². The standard InChI is InChI=1S/C15H19NO4S/c1-2-13-4-3-11-16(13)21(19,20)14-8-5-12(6-9-14)7-10-15(17)18/h5-10,13H,2-4,11H2,1H3,(H,17,18)/b10-7+. The van der Waals surface area contributed by atoms with Crippen LogP contribution in [0.25, 0.3) is 6.08 Å². The average molecular weight is 309 g/mol. The molecule has 1 saturated heterocycles. The number of sulfonamides is 1. The van der Waals surface area contributed by atoms with E-state index in [4.69, 9.17) is 5.11 Å². The average Bonchev–Trinajstić information content (AvgIpc) is 2.94. The number of carboxylic acids is 1. The summed E-state index contributed by atoms with van der Waals surface area (Å²) in [4.78, 5) is 10.7. The number of hydrogen-bond donors (Lipinski definition) is 1. The van der Waals surface area contributed by atoms with Crippen LogP contribution in [0.15, 0.2) is 35.2 Å². The number of benzene rings is 1. The summed E-state index contributed by atoms with van der Waals surface area (Å²) in [7, 11) is -3.46. The number of aliphatic carboxylic acids is 1. The van der Waals surface area contributed by atoms with Crippen molar-refractivity contribution in [3.63, 3.8) is 0 Å². The first-order valence-corrected chi connectivity index (χ1v) is 8.42. The molecule has 1 aromatic carbocycles. The lowest BCUT2D eigenvalue weighted by Crippen LogP contribution is -2.35. The normalized spacial score (nSPS) is 20.1. The van der Waals surface area contributed by atoms with Crippen LogP contribution in [-0.2, 0) is 14.8 Å².